The molecule has 5 rings (SSSR count). The summed E-state index contributed by atoms with van der Waals surface area (Å²) in [4.78, 5) is 10.9. The van der Waals surface area contributed by atoms with E-state index in [4.69, 9.17) is 9.47 Å². The van der Waals surface area contributed by atoms with Crippen molar-refractivity contribution in [3.05, 3.63) is 82.8 Å². The van der Waals surface area contributed by atoms with Crippen LogP contribution in [0.15, 0.2) is 54.9 Å². The van der Waals surface area contributed by atoms with Crippen LogP contribution in [0, 0.1) is 6.92 Å². The van der Waals surface area contributed by atoms with Gasteiger partial charge in [-0.25, -0.2) is 9.97 Å². The maximum atomic E-state index is 16.8. The number of aryl methyl sites for hydroxylation is 1. The third-order valence-electron chi connectivity index (χ3n) is 6.37. The predicted octanol–water partition coefficient (Wildman–Crippen LogP) is 5.09. The second-order valence-corrected chi connectivity index (χ2v) is 8.61. The van der Waals surface area contributed by atoms with Crippen molar-refractivity contribution in [2.24, 2.45) is 0 Å². The van der Waals surface area contributed by atoms with Crippen LogP contribution < -0.4 is 9.47 Å². The van der Waals surface area contributed by atoms with E-state index >= 15 is 4.39 Å². The number of benzene rings is 1. The van der Waals surface area contributed by atoms with Crippen LogP contribution in [0.2, 0.25) is 0 Å². The largest absolute Gasteiger partial charge is 0.481 e. The van der Waals surface area contributed by atoms with Gasteiger partial charge in [-0.15, -0.1) is 0 Å². The highest BCUT2D eigenvalue weighted by atomic mass is 19.1. The SMILES string of the molecule is COc1ccc(C(=C(F)n2c3c(c4cc(C)ccc42)CN(C)CC3)c2ccc(OC)nc2)cn1. The van der Waals surface area contributed by atoms with Gasteiger partial charge in [-0.05, 0) is 43.8 Å². The van der Waals surface area contributed by atoms with E-state index in [1.54, 1.807) is 43.3 Å². The lowest BCUT2D eigenvalue weighted by Gasteiger charge is -2.24. The van der Waals surface area contributed by atoms with Crippen LogP contribution >= 0.6 is 0 Å². The third-order valence-corrected chi connectivity index (χ3v) is 6.37. The average Bonchev–Trinajstić information content (AvgIpc) is 3.17. The number of ether oxygens (including phenoxy) is 2. The molecule has 0 saturated carbocycles. The van der Waals surface area contributed by atoms with E-state index in [0.29, 0.717) is 28.5 Å². The summed E-state index contributed by atoms with van der Waals surface area (Å²) in [5, 5.41) is 1.09. The number of pyridine rings is 2. The number of aromatic nitrogens is 3. The van der Waals surface area contributed by atoms with Gasteiger partial charge in [-0.1, -0.05) is 11.6 Å². The maximum Gasteiger partial charge on any atom is 0.212 e. The standard InChI is InChI=1S/C27H27FN4O2/c1-17-5-8-22-20(13-17)21-16-31(2)12-11-23(21)32(22)27(28)26(18-6-9-24(33-3)29-14-18)19-7-10-25(34-4)30-15-19/h5-10,13-15H,11-12,16H2,1-4H3. The number of hydrogen-bond donors (Lipinski definition) is 0. The van der Waals surface area contributed by atoms with Gasteiger partial charge in [0.05, 0.1) is 19.7 Å². The molecule has 4 heterocycles. The molecule has 174 valence electrons. The van der Waals surface area contributed by atoms with E-state index in [1.165, 1.54) is 5.56 Å². The molecule has 6 nitrogen and oxygen atoms in total. The van der Waals surface area contributed by atoms with Gasteiger partial charge in [0.25, 0.3) is 0 Å². The molecule has 1 aromatic carbocycles. The fourth-order valence-electron chi connectivity index (χ4n) is 4.65. The molecule has 0 N–H and O–H groups in total. The van der Waals surface area contributed by atoms with Crippen LogP contribution in [0.4, 0.5) is 4.39 Å². The Labute approximate surface area is 198 Å². The zero-order valence-corrected chi connectivity index (χ0v) is 19.8. The van der Waals surface area contributed by atoms with Crippen molar-refractivity contribution < 1.29 is 13.9 Å². The Morgan fingerprint density at radius 2 is 1.59 bits per heavy atom. The monoisotopic (exact) mass is 458 g/mol. The van der Waals surface area contributed by atoms with E-state index in [0.717, 1.165) is 41.7 Å². The molecule has 34 heavy (non-hydrogen) atoms. The molecule has 0 atom stereocenters. The lowest BCUT2D eigenvalue weighted by molar-refractivity contribution is 0.311. The Hall–Kier alpha value is -3.71. The molecule has 1 aliphatic heterocycles. The lowest BCUT2D eigenvalue weighted by atomic mass is 10.0. The summed E-state index contributed by atoms with van der Waals surface area (Å²) < 4.78 is 29.0. The normalized spacial score (nSPS) is 13.6. The molecule has 0 aliphatic carbocycles. The lowest BCUT2D eigenvalue weighted by Crippen LogP contribution is -2.27. The molecule has 1 aliphatic rings. The van der Waals surface area contributed by atoms with Gasteiger partial charge in [0, 0.05) is 71.8 Å². The van der Waals surface area contributed by atoms with E-state index < -0.39 is 0 Å². The van der Waals surface area contributed by atoms with E-state index in [2.05, 4.69) is 34.9 Å². The molecule has 0 spiro atoms. The molecule has 0 saturated heterocycles. The number of methoxy groups -OCH3 is 2. The Morgan fingerprint density at radius 3 is 2.15 bits per heavy atom. The topological polar surface area (TPSA) is 52.4 Å². The minimum atomic E-state index is -0.349. The van der Waals surface area contributed by atoms with Crippen molar-refractivity contribution in [1.29, 1.82) is 0 Å². The third kappa shape index (κ3) is 3.82. The first kappa shape index (κ1) is 22.1. The Morgan fingerprint density at radius 1 is 0.941 bits per heavy atom. The van der Waals surface area contributed by atoms with Crippen LogP contribution in [0.5, 0.6) is 11.8 Å². The van der Waals surface area contributed by atoms with Crippen LogP contribution in [0.1, 0.15) is 27.9 Å². The second-order valence-electron chi connectivity index (χ2n) is 8.61. The highest BCUT2D eigenvalue weighted by Gasteiger charge is 2.26. The molecule has 0 bridgehead atoms. The molecular weight excluding hydrogens is 431 g/mol. The molecule has 3 aromatic heterocycles. The van der Waals surface area contributed by atoms with Gasteiger partial charge in [0.15, 0.2) is 0 Å². The minimum Gasteiger partial charge on any atom is -0.481 e. The van der Waals surface area contributed by atoms with Gasteiger partial charge in [-0.2, -0.15) is 4.39 Å². The first-order chi connectivity index (χ1) is 16.5. The highest BCUT2D eigenvalue weighted by Crippen LogP contribution is 2.38. The molecule has 4 aromatic rings. The first-order valence-corrected chi connectivity index (χ1v) is 11.2. The molecule has 0 amide bonds. The quantitative estimate of drug-likeness (QED) is 0.417. The number of fused-ring (bicyclic) bond motifs is 3. The summed E-state index contributed by atoms with van der Waals surface area (Å²) in [5.74, 6) is 0.593. The van der Waals surface area contributed by atoms with Gasteiger partial charge in [0.2, 0.25) is 17.7 Å². The molecule has 0 fully saturated rings. The van der Waals surface area contributed by atoms with Gasteiger partial charge < -0.3 is 14.4 Å². The Balaban J connectivity index is 1.80. The number of nitrogens with zero attached hydrogens (tertiary/aromatic N) is 4. The summed E-state index contributed by atoms with van der Waals surface area (Å²) in [6.07, 6.45) is 4.03. The minimum absolute atomic E-state index is 0.349. The highest BCUT2D eigenvalue weighted by molar-refractivity contribution is 5.96. The fraction of sp³-hybridized carbons (Fsp3) is 0.259. The van der Waals surface area contributed by atoms with Gasteiger partial charge in [-0.3, -0.25) is 4.57 Å². The van der Waals surface area contributed by atoms with Gasteiger partial charge >= 0.3 is 0 Å². The molecule has 0 unspecified atom stereocenters. The zero-order chi connectivity index (χ0) is 23.8. The summed E-state index contributed by atoms with van der Waals surface area (Å²) in [6.45, 7) is 3.73. The van der Waals surface area contributed by atoms with Crippen molar-refractivity contribution >= 4 is 22.4 Å². The summed E-state index contributed by atoms with van der Waals surface area (Å²) in [6, 6.07) is 13.3. The number of hydrogen-bond acceptors (Lipinski definition) is 5. The molecule has 0 radical (unpaired) electrons. The Kier molecular flexibility index (Phi) is 5.79. The zero-order valence-electron chi connectivity index (χ0n) is 19.8. The number of rotatable bonds is 5. The van der Waals surface area contributed by atoms with Crippen molar-refractivity contribution in [2.45, 2.75) is 19.9 Å². The van der Waals surface area contributed by atoms with Crippen molar-refractivity contribution in [2.75, 3.05) is 27.8 Å². The van der Waals surface area contributed by atoms with E-state index in [9.17, 15) is 0 Å². The average molecular weight is 459 g/mol. The molecular formula is C27H27FN4O2. The summed E-state index contributed by atoms with van der Waals surface area (Å²) >= 11 is 0. The predicted molar refractivity (Wildman–Crippen MR) is 132 cm³/mol. The van der Waals surface area contributed by atoms with Crippen molar-refractivity contribution in [1.82, 2.24) is 19.4 Å². The van der Waals surface area contributed by atoms with E-state index in [1.807, 2.05) is 24.3 Å². The van der Waals surface area contributed by atoms with Crippen LogP contribution in [0.25, 0.3) is 22.4 Å². The van der Waals surface area contributed by atoms with Crippen LogP contribution in [-0.4, -0.2) is 47.2 Å². The van der Waals surface area contributed by atoms with Crippen LogP contribution in [-0.2, 0) is 13.0 Å². The first-order valence-electron chi connectivity index (χ1n) is 11.2. The number of halogens is 1. The second kappa shape index (κ2) is 8.91. The summed E-state index contributed by atoms with van der Waals surface area (Å²) in [5.41, 5.74) is 5.92. The fourth-order valence-corrected chi connectivity index (χ4v) is 4.65. The Bertz CT molecular complexity index is 1330. The maximum absolute atomic E-state index is 16.8. The number of likely N-dealkylation sites (N-methyl/N-ethyl adjacent to an activating group) is 1. The van der Waals surface area contributed by atoms with E-state index in [-0.39, 0.29) is 5.95 Å². The smallest absolute Gasteiger partial charge is 0.212 e. The van der Waals surface area contributed by atoms with Crippen molar-refractivity contribution in [3.63, 3.8) is 0 Å². The van der Waals surface area contributed by atoms with Crippen molar-refractivity contribution in [3.8, 4) is 11.8 Å². The van der Waals surface area contributed by atoms with Crippen LogP contribution in [0.3, 0.4) is 0 Å². The summed E-state index contributed by atoms with van der Waals surface area (Å²) in [7, 11) is 5.22. The van der Waals surface area contributed by atoms with Gasteiger partial charge in [0.1, 0.15) is 0 Å². The molecule has 7 heteroatoms.